The Kier molecular flexibility index (Phi) is 6.52. The van der Waals surface area contributed by atoms with Crippen LogP contribution in [0, 0.1) is 0 Å². The smallest absolute Gasteiger partial charge is 0.191 e. The predicted octanol–water partition coefficient (Wildman–Crippen LogP) is 3.73. The first-order valence-corrected chi connectivity index (χ1v) is 9.04. The van der Waals surface area contributed by atoms with E-state index < -0.39 is 8.32 Å². The molecule has 0 heterocycles. The number of aliphatic hydroxyl groups excluding tert-OH is 1. The van der Waals surface area contributed by atoms with Crippen LogP contribution < -0.4 is 0 Å². The fraction of sp³-hybridized carbons (Fsp3) is 0.846. The zero-order chi connectivity index (χ0) is 12.8. The zero-order valence-electron chi connectivity index (χ0n) is 11.5. The van der Waals surface area contributed by atoms with E-state index in [0.717, 1.165) is 19.4 Å². The van der Waals surface area contributed by atoms with Gasteiger partial charge in [0.1, 0.15) is 0 Å². The molecule has 3 heteroatoms. The summed E-state index contributed by atoms with van der Waals surface area (Å²) in [6.07, 6.45) is 3.93. The minimum atomic E-state index is -1.60. The molecule has 2 nitrogen and oxygen atoms in total. The Hall–Kier alpha value is -0.123. The second kappa shape index (κ2) is 6.57. The molecule has 96 valence electrons. The summed E-state index contributed by atoms with van der Waals surface area (Å²) in [5, 5.41) is 9.79. The first-order valence-electron chi connectivity index (χ1n) is 6.13. The number of rotatable bonds is 7. The second-order valence-corrected chi connectivity index (χ2v) is 10.7. The van der Waals surface area contributed by atoms with Crippen molar-refractivity contribution in [1.29, 1.82) is 0 Å². The van der Waals surface area contributed by atoms with Gasteiger partial charge in [-0.15, -0.1) is 6.58 Å². The molecule has 0 rings (SSSR count). The van der Waals surface area contributed by atoms with E-state index in [-0.39, 0.29) is 11.1 Å². The molecule has 0 aromatic carbocycles. The summed E-state index contributed by atoms with van der Waals surface area (Å²) in [6, 6.07) is 0. The third-order valence-corrected chi connectivity index (χ3v) is 7.93. The molecule has 0 aliphatic rings. The lowest BCUT2D eigenvalue weighted by Crippen LogP contribution is -2.41. The maximum absolute atomic E-state index is 9.52. The van der Waals surface area contributed by atoms with E-state index in [0.29, 0.717) is 6.42 Å². The Morgan fingerprint density at radius 2 is 1.94 bits per heavy atom. The Labute approximate surface area is 102 Å². The summed E-state index contributed by atoms with van der Waals surface area (Å²) in [6.45, 7) is 15.6. The Morgan fingerprint density at radius 1 is 1.38 bits per heavy atom. The molecule has 1 atom stereocenters. The summed E-state index contributed by atoms with van der Waals surface area (Å²) in [7, 11) is -1.60. The van der Waals surface area contributed by atoms with Crippen molar-refractivity contribution in [1.82, 2.24) is 0 Å². The highest BCUT2D eigenvalue weighted by Crippen LogP contribution is 2.36. The molecule has 0 radical (unpaired) electrons. The molecule has 0 aliphatic heterocycles. The highest BCUT2D eigenvalue weighted by molar-refractivity contribution is 6.74. The van der Waals surface area contributed by atoms with Crippen LogP contribution in [0.4, 0.5) is 0 Å². The van der Waals surface area contributed by atoms with Gasteiger partial charge in [0, 0.05) is 6.61 Å². The summed E-state index contributed by atoms with van der Waals surface area (Å²) in [5.41, 5.74) is 0. The Balaban J connectivity index is 3.78. The molecular weight excluding hydrogens is 216 g/mol. The van der Waals surface area contributed by atoms with Gasteiger partial charge in [-0.05, 0) is 37.4 Å². The van der Waals surface area contributed by atoms with E-state index in [9.17, 15) is 5.11 Å². The van der Waals surface area contributed by atoms with Crippen molar-refractivity contribution >= 4 is 8.32 Å². The first kappa shape index (κ1) is 15.9. The van der Waals surface area contributed by atoms with Crippen LogP contribution in [0.15, 0.2) is 12.7 Å². The lowest BCUT2D eigenvalue weighted by molar-refractivity contribution is 0.153. The van der Waals surface area contributed by atoms with Crippen LogP contribution in [-0.4, -0.2) is 26.1 Å². The van der Waals surface area contributed by atoms with E-state index in [1.807, 2.05) is 0 Å². The lowest BCUT2D eigenvalue weighted by atomic mass is 10.1. The largest absolute Gasteiger partial charge is 0.417 e. The van der Waals surface area contributed by atoms with Gasteiger partial charge < -0.3 is 9.53 Å². The molecule has 0 saturated carbocycles. The molecule has 0 unspecified atom stereocenters. The van der Waals surface area contributed by atoms with E-state index >= 15 is 0 Å². The van der Waals surface area contributed by atoms with Crippen molar-refractivity contribution in [2.24, 2.45) is 0 Å². The van der Waals surface area contributed by atoms with Crippen LogP contribution in [0.3, 0.4) is 0 Å². The lowest BCUT2D eigenvalue weighted by Gasteiger charge is -2.36. The van der Waals surface area contributed by atoms with Crippen LogP contribution in [0.2, 0.25) is 18.1 Å². The van der Waals surface area contributed by atoms with Gasteiger partial charge in [-0.2, -0.15) is 0 Å². The first-order chi connectivity index (χ1) is 7.20. The van der Waals surface area contributed by atoms with Gasteiger partial charge >= 0.3 is 0 Å². The molecule has 0 fully saturated rings. The topological polar surface area (TPSA) is 29.5 Å². The van der Waals surface area contributed by atoms with Crippen molar-refractivity contribution in [3.05, 3.63) is 12.7 Å². The molecule has 0 bridgehead atoms. The van der Waals surface area contributed by atoms with Crippen molar-refractivity contribution in [2.75, 3.05) is 6.61 Å². The van der Waals surface area contributed by atoms with Crippen molar-refractivity contribution in [3.8, 4) is 0 Å². The molecular formula is C13H28O2Si. The summed E-state index contributed by atoms with van der Waals surface area (Å²) in [5.74, 6) is 0. The highest BCUT2D eigenvalue weighted by atomic mass is 28.4. The van der Waals surface area contributed by atoms with Gasteiger partial charge in [0.05, 0.1) is 6.10 Å². The summed E-state index contributed by atoms with van der Waals surface area (Å²) < 4.78 is 6.02. The molecule has 0 spiro atoms. The van der Waals surface area contributed by atoms with E-state index in [1.54, 1.807) is 6.08 Å². The monoisotopic (exact) mass is 244 g/mol. The van der Waals surface area contributed by atoms with Crippen molar-refractivity contribution < 1.29 is 9.53 Å². The van der Waals surface area contributed by atoms with Gasteiger partial charge in [0.2, 0.25) is 0 Å². The molecule has 0 aromatic heterocycles. The average Bonchev–Trinajstić information content (AvgIpc) is 2.11. The SMILES string of the molecule is C=CC[C@H](O)CCCO[Si](C)(C)C(C)(C)C. The average molecular weight is 244 g/mol. The van der Waals surface area contributed by atoms with Crippen molar-refractivity contribution in [3.63, 3.8) is 0 Å². The minimum absolute atomic E-state index is 0.250. The molecule has 0 aromatic rings. The van der Waals surface area contributed by atoms with E-state index in [4.69, 9.17) is 4.43 Å². The summed E-state index contributed by atoms with van der Waals surface area (Å²) in [4.78, 5) is 0. The number of aliphatic hydroxyl groups is 1. The van der Waals surface area contributed by atoms with Crippen LogP contribution in [0.5, 0.6) is 0 Å². The molecule has 0 amide bonds. The van der Waals surface area contributed by atoms with Crippen LogP contribution in [0.1, 0.15) is 40.0 Å². The maximum Gasteiger partial charge on any atom is 0.191 e. The normalized spacial score (nSPS) is 14.9. The number of hydrogen-bond acceptors (Lipinski definition) is 2. The standard InChI is InChI=1S/C13H28O2Si/c1-7-9-12(14)10-8-11-15-16(5,6)13(2,3)4/h7,12,14H,1,8-11H2,2-6H3/t12-/m0/s1. The molecule has 0 saturated heterocycles. The predicted molar refractivity (Wildman–Crippen MR) is 73.2 cm³/mol. The van der Waals surface area contributed by atoms with E-state index in [2.05, 4.69) is 40.4 Å². The minimum Gasteiger partial charge on any atom is -0.417 e. The van der Waals surface area contributed by atoms with Crippen molar-refractivity contribution in [2.45, 2.75) is 64.3 Å². The Bertz CT molecular complexity index is 206. The van der Waals surface area contributed by atoms with E-state index in [1.165, 1.54) is 0 Å². The summed E-state index contributed by atoms with van der Waals surface area (Å²) >= 11 is 0. The molecule has 1 N–H and O–H groups in total. The van der Waals surface area contributed by atoms with Crippen LogP contribution >= 0.6 is 0 Å². The molecule has 16 heavy (non-hydrogen) atoms. The van der Waals surface area contributed by atoms with Gasteiger partial charge in [0.25, 0.3) is 0 Å². The third-order valence-electron chi connectivity index (χ3n) is 3.39. The second-order valence-electron chi connectivity index (χ2n) is 5.93. The Morgan fingerprint density at radius 3 is 2.38 bits per heavy atom. The van der Waals surface area contributed by atoms with Gasteiger partial charge in [-0.1, -0.05) is 26.8 Å². The van der Waals surface area contributed by atoms with Gasteiger partial charge in [-0.3, -0.25) is 0 Å². The van der Waals surface area contributed by atoms with Crippen LogP contribution in [0.25, 0.3) is 0 Å². The third kappa shape index (κ3) is 5.82. The van der Waals surface area contributed by atoms with Gasteiger partial charge in [-0.25, -0.2) is 0 Å². The van der Waals surface area contributed by atoms with Crippen LogP contribution in [-0.2, 0) is 4.43 Å². The quantitative estimate of drug-likeness (QED) is 0.420. The fourth-order valence-electron chi connectivity index (χ4n) is 1.17. The van der Waals surface area contributed by atoms with Gasteiger partial charge in [0.15, 0.2) is 8.32 Å². The highest BCUT2D eigenvalue weighted by Gasteiger charge is 2.36. The fourth-order valence-corrected chi connectivity index (χ4v) is 2.26. The molecule has 0 aliphatic carbocycles. The maximum atomic E-state index is 9.52. The zero-order valence-corrected chi connectivity index (χ0v) is 12.5. The number of hydrogen-bond donors (Lipinski definition) is 1.